The van der Waals surface area contributed by atoms with Crippen molar-refractivity contribution >= 4 is 11.8 Å². The van der Waals surface area contributed by atoms with E-state index in [0.29, 0.717) is 19.0 Å². The third kappa shape index (κ3) is 2.63. The number of hydrogen-bond acceptors (Lipinski definition) is 2. The summed E-state index contributed by atoms with van der Waals surface area (Å²) in [5, 5.41) is 0. The lowest BCUT2D eigenvalue weighted by atomic mass is 10.0. The number of amides is 2. The third-order valence-electron chi connectivity index (χ3n) is 4.94. The maximum absolute atomic E-state index is 12.5. The van der Waals surface area contributed by atoms with Crippen LogP contribution in [0.1, 0.15) is 51.4 Å². The van der Waals surface area contributed by atoms with Gasteiger partial charge < -0.3 is 9.80 Å². The van der Waals surface area contributed by atoms with Crippen LogP contribution in [0, 0.1) is 5.92 Å². The van der Waals surface area contributed by atoms with Crippen LogP contribution in [0.5, 0.6) is 0 Å². The number of carbonyl (C=O) groups excluding carboxylic acids is 2. The molecule has 0 radical (unpaired) electrons. The second-order valence-electron chi connectivity index (χ2n) is 6.27. The average Bonchev–Trinajstić information content (AvgIpc) is 3.08. The molecule has 106 valence electrons. The zero-order valence-electron chi connectivity index (χ0n) is 11.6. The van der Waals surface area contributed by atoms with Crippen molar-refractivity contribution in [2.45, 2.75) is 57.4 Å². The predicted octanol–water partition coefficient (Wildman–Crippen LogP) is 1.79. The van der Waals surface area contributed by atoms with Crippen LogP contribution in [0.25, 0.3) is 0 Å². The van der Waals surface area contributed by atoms with Crippen LogP contribution >= 0.6 is 0 Å². The highest BCUT2D eigenvalue weighted by Crippen LogP contribution is 2.30. The fourth-order valence-electron chi connectivity index (χ4n) is 3.84. The first-order chi connectivity index (χ1) is 9.25. The molecule has 1 aliphatic carbocycles. The molecule has 19 heavy (non-hydrogen) atoms. The van der Waals surface area contributed by atoms with Crippen LogP contribution in [-0.2, 0) is 9.59 Å². The number of hydrogen-bond donors (Lipinski definition) is 0. The first-order valence-electron chi connectivity index (χ1n) is 7.84. The molecule has 2 saturated heterocycles. The van der Waals surface area contributed by atoms with Crippen molar-refractivity contribution in [3.8, 4) is 0 Å². The minimum Gasteiger partial charge on any atom is -0.342 e. The Morgan fingerprint density at radius 2 is 1.68 bits per heavy atom. The first-order valence-corrected chi connectivity index (χ1v) is 7.84. The monoisotopic (exact) mass is 264 g/mol. The van der Waals surface area contributed by atoms with Gasteiger partial charge >= 0.3 is 0 Å². The van der Waals surface area contributed by atoms with Crippen molar-refractivity contribution in [1.82, 2.24) is 9.80 Å². The summed E-state index contributed by atoms with van der Waals surface area (Å²) >= 11 is 0. The van der Waals surface area contributed by atoms with Crippen LogP contribution in [0.15, 0.2) is 0 Å². The minimum absolute atomic E-state index is 0.0637. The highest BCUT2D eigenvalue weighted by atomic mass is 16.2. The molecule has 1 saturated carbocycles. The van der Waals surface area contributed by atoms with Gasteiger partial charge in [0, 0.05) is 32.1 Å². The molecule has 0 spiro atoms. The van der Waals surface area contributed by atoms with Crippen molar-refractivity contribution in [3.63, 3.8) is 0 Å². The zero-order valence-corrected chi connectivity index (χ0v) is 11.6. The van der Waals surface area contributed by atoms with Crippen LogP contribution in [0.3, 0.4) is 0 Å². The van der Waals surface area contributed by atoms with E-state index >= 15 is 0 Å². The maximum atomic E-state index is 12.5. The van der Waals surface area contributed by atoms with Crippen molar-refractivity contribution in [3.05, 3.63) is 0 Å². The van der Waals surface area contributed by atoms with Gasteiger partial charge in [-0.3, -0.25) is 9.59 Å². The molecule has 2 amide bonds. The molecular formula is C15H24N2O2. The first kappa shape index (κ1) is 12.9. The van der Waals surface area contributed by atoms with E-state index in [9.17, 15) is 9.59 Å². The van der Waals surface area contributed by atoms with Gasteiger partial charge in [0.25, 0.3) is 0 Å². The van der Waals surface area contributed by atoms with E-state index in [-0.39, 0.29) is 17.7 Å². The molecule has 2 heterocycles. The smallest absolute Gasteiger partial charge is 0.227 e. The minimum atomic E-state index is -0.0637. The highest BCUT2D eigenvalue weighted by molar-refractivity contribution is 5.89. The molecule has 0 aromatic rings. The largest absolute Gasteiger partial charge is 0.342 e. The van der Waals surface area contributed by atoms with Gasteiger partial charge in [-0.25, -0.2) is 0 Å². The Kier molecular flexibility index (Phi) is 3.76. The molecule has 2 aliphatic heterocycles. The Morgan fingerprint density at radius 3 is 2.37 bits per heavy atom. The van der Waals surface area contributed by atoms with E-state index in [4.69, 9.17) is 0 Å². The molecule has 3 aliphatic rings. The summed E-state index contributed by atoms with van der Waals surface area (Å²) in [6.07, 6.45) is 8.68. The lowest BCUT2D eigenvalue weighted by molar-refractivity contribution is -0.136. The summed E-state index contributed by atoms with van der Waals surface area (Å²) in [4.78, 5) is 28.6. The molecule has 4 heteroatoms. The van der Waals surface area contributed by atoms with Gasteiger partial charge in [0.1, 0.15) is 0 Å². The van der Waals surface area contributed by atoms with Crippen LogP contribution in [-0.4, -0.2) is 47.3 Å². The average molecular weight is 264 g/mol. The molecule has 0 bridgehead atoms. The van der Waals surface area contributed by atoms with Gasteiger partial charge in [-0.15, -0.1) is 0 Å². The van der Waals surface area contributed by atoms with Gasteiger partial charge in [-0.05, 0) is 32.1 Å². The molecule has 1 unspecified atom stereocenters. The second kappa shape index (κ2) is 5.51. The van der Waals surface area contributed by atoms with Crippen molar-refractivity contribution < 1.29 is 9.59 Å². The summed E-state index contributed by atoms with van der Waals surface area (Å²) in [6.45, 7) is 2.47. The van der Waals surface area contributed by atoms with Gasteiger partial charge in [0.2, 0.25) is 11.8 Å². The topological polar surface area (TPSA) is 40.6 Å². The number of piperidine rings is 1. The Bertz CT molecular complexity index is 357. The number of carbonyl (C=O) groups is 2. The van der Waals surface area contributed by atoms with E-state index < -0.39 is 0 Å². The lowest BCUT2D eigenvalue weighted by Crippen LogP contribution is -2.41. The van der Waals surface area contributed by atoms with E-state index in [2.05, 4.69) is 0 Å². The number of likely N-dealkylation sites (tertiary alicyclic amines) is 2. The van der Waals surface area contributed by atoms with Crippen molar-refractivity contribution in [2.24, 2.45) is 5.92 Å². The molecule has 3 rings (SSSR count). The van der Waals surface area contributed by atoms with Gasteiger partial charge in [-0.1, -0.05) is 12.8 Å². The molecule has 0 aromatic heterocycles. The highest BCUT2D eigenvalue weighted by Gasteiger charge is 2.40. The Labute approximate surface area is 115 Å². The van der Waals surface area contributed by atoms with Gasteiger partial charge in [0.15, 0.2) is 0 Å². The lowest BCUT2D eigenvalue weighted by Gasteiger charge is -2.29. The number of rotatable bonds is 2. The van der Waals surface area contributed by atoms with E-state index in [0.717, 1.165) is 38.8 Å². The third-order valence-corrected chi connectivity index (χ3v) is 4.94. The quantitative estimate of drug-likeness (QED) is 0.763. The van der Waals surface area contributed by atoms with Crippen LogP contribution in [0.2, 0.25) is 0 Å². The standard InChI is InChI=1S/C15H24N2O2/c18-14-10-12(11-17(14)13-6-2-3-7-13)15(19)16-8-4-1-5-9-16/h12-13H,1-11H2. The second-order valence-corrected chi connectivity index (χ2v) is 6.27. The Morgan fingerprint density at radius 1 is 1.00 bits per heavy atom. The SMILES string of the molecule is O=C(C1CC(=O)N(C2CCCC2)C1)N1CCCCC1. The van der Waals surface area contributed by atoms with Crippen molar-refractivity contribution in [1.29, 1.82) is 0 Å². The molecule has 0 aromatic carbocycles. The summed E-state index contributed by atoms with van der Waals surface area (Å²) in [5.41, 5.74) is 0. The van der Waals surface area contributed by atoms with Crippen LogP contribution < -0.4 is 0 Å². The summed E-state index contributed by atoms with van der Waals surface area (Å²) in [6, 6.07) is 0.423. The Balaban J connectivity index is 1.60. The van der Waals surface area contributed by atoms with Crippen molar-refractivity contribution in [2.75, 3.05) is 19.6 Å². The number of nitrogens with zero attached hydrogens (tertiary/aromatic N) is 2. The summed E-state index contributed by atoms with van der Waals surface area (Å²) in [5.74, 6) is 0.377. The molecular weight excluding hydrogens is 240 g/mol. The van der Waals surface area contributed by atoms with Gasteiger partial charge in [-0.2, -0.15) is 0 Å². The zero-order chi connectivity index (χ0) is 13.2. The fourth-order valence-corrected chi connectivity index (χ4v) is 3.84. The fraction of sp³-hybridized carbons (Fsp3) is 0.867. The summed E-state index contributed by atoms with van der Waals surface area (Å²) in [7, 11) is 0. The molecule has 0 N–H and O–H groups in total. The maximum Gasteiger partial charge on any atom is 0.227 e. The molecule has 4 nitrogen and oxygen atoms in total. The van der Waals surface area contributed by atoms with Crippen LogP contribution in [0.4, 0.5) is 0 Å². The normalized spacial score (nSPS) is 29.3. The van der Waals surface area contributed by atoms with E-state index in [1.54, 1.807) is 0 Å². The summed E-state index contributed by atoms with van der Waals surface area (Å²) < 4.78 is 0. The van der Waals surface area contributed by atoms with E-state index in [1.165, 1.54) is 19.3 Å². The Hall–Kier alpha value is -1.06. The van der Waals surface area contributed by atoms with Gasteiger partial charge in [0.05, 0.1) is 5.92 Å². The predicted molar refractivity (Wildman–Crippen MR) is 72.5 cm³/mol. The van der Waals surface area contributed by atoms with E-state index in [1.807, 2.05) is 9.80 Å². The molecule has 1 atom stereocenters. The molecule has 3 fully saturated rings.